The van der Waals surface area contributed by atoms with E-state index in [1.54, 1.807) is 12.1 Å². The molecular formula is C32H31FN2O4. The SMILES string of the molecule is Cc1cc(-c2cn(C)c(C)n2)cc(C)c1-c1ccc(F)c2c1CC[C@H]2Oc1ccc2c(c1)OCC2CC(=O)O. The molecule has 0 bridgehead atoms. The van der Waals surface area contributed by atoms with E-state index in [9.17, 15) is 4.79 Å². The van der Waals surface area contributed by atoms with Gasteiger partial charge in [0.05, 0.1) is 18.7 Å². The van der Waals surface area contributed by atoms with Gasteiger partial charge in [0.15, 0.2) is 0 Å². The molecule has 0 spiro atoms. The van der Waals surface area contributed by atoms with Crippen LogP contribution >= 0.6 is 0 Å². The van der Waals surface area contributed by atoms with Crippen molar-refractivity contribution in [1.82, 2.24) is 9.55 Å². The summed E-state index contributed by atoms with van der Waals surface area (Å²) in [6.07, 6.45) is 3.04. The molecule has 39 heavy (non-hydrogen) atoms. The molecule has 2 heterocycles. The summed E-state index contributed by atoms with van der Waals surface area (Å²) >= 11 is 0. The van der Waals surface area contributed by atoms with Crippen LogP contribution in [0.25, 0.3) is 22.4 Å². The molecule has 1 aliphatic carbocycles. The van der Waals surface area contributed by atoms with Crippen LogP contribution in [0.15, 0.2) is 48.7 Å². The molecule has 4 aromatic rings. The van der Waals surface area contributed by atoms with E-state index in [1.807, 2.05) is 42.9 Å². The van der Waals surface area contributed by atoms with Gasteiger partial charge < -0.3 is 19.1 Å². The van der Waals surface area contributed by atoms with Crippen LogP contribution in [-0.2, 0) is 18.3 Å². The molecule has 0 radical (unpaired) electrons. The Balaban J connectivity index is 1.31. The highest BCUT2D eigenvalue weighted by molar-refractivity contribution is 5.79. The molecule has 0 saturated carbocycles. The van der Waals surface area contributed by atoms with Gasteiger partial charge in [0.2, 0.25) is 0 Å². The molecule has 7 heteroatoms. The maximum Gasteiger partial charge on any atom is 0.304 e. The van der Waals surface area contributed by atoms with E-state index < -0.39 is 12.1 Å². The Morgan fingerprint density at radius 2 is 1.92 bits per heavy atom. The van der Waals surface area contributed by atoms with Gasteiger partial charge in [-0.05, 0) is 85.7 Å². The van der Waals surface area contributed by atoms with Crippen molar-refractivity contribution in [2.75, 3.05) is 6.61 Å². The normalized spacial score (nSPS) is 17.6. The first-order chi connectivity index (χ1) is 18.7. The Hall–Kier alpha value is -4.13. The third-order valence-electron chi connectivity index (χ3n) is 8.05. The number of fused-ring (bicyclic) bond motifs is 2. The lowest BCUT2D eigenvalue weighted by Crippen LogP contribution is -2.07. The number of aromatic nitrogens is 2. The predicted molar refractivity (Wildman–Crippen MR) is 147 cm³/mol. The minimum atomic E-state index is -0.849. The number of carboxylic acid groups (broad SMARTS) is 1. The second-order valence-electron chi connectivity index (χ2n) is 10.7. The minimum Gasteiger partial charge on any atom is -0.492 e. The lowest BCUT2D eigenvalue weighted by molar-refractivity contribution is -0.137. The van der Waals surface area contributed by atoms with Crippen molar-refractivity contribution >= 4 is 5.97 Å². The number of imidazole rings is 1. The molecule has 1 N–H and O–H groups in total. The molecule has 2 atom stereocenters. The molecule has 6 rings (SSSR count). The van der Waals surface area contributed by atoms with Crippen molar-refractivity contribution in [3.05, 3.63) is 88.1 Å². The van der Waals surface area contributed by atoms with Gasteiger partial charge in [-0.1, -0.05) is 12.1 Å². The number of carbonyl (C=O) groups is 1. The zero-order valence-electron chi connectivity index (χ0n) is 22.5. The molecule has 0 amide bonds. The highest BCUT2D eigenvalue weighted by atomic mass is 19.1. The average molecular weight is 527 g/mol. The number of nitrogens with zero attached hydrogens (tertiary/aromatic N) is 2. The summed E-state index contributed by atoms with van der Waals surface area (Å²) in [7, 11) is 1.99. The Morgan fingerprint density at radius 3 is 2.62 bits per heavy atom. The second-order valence-corrected chi connectivity index (χ2v) is 10.7. The summed E-state index contributed by atoms with van der Waals surface area (Å²) in [4.78, 5) is 15.8. The summed E-state index contributed by atoms with van der Waals surface area (Å²) in [5.74, 6) is 0.916. The summed E-state index contributed by atoms with van der Waals surface area (Å²) in [6.45, 7) is 6.53. The number of benzene rings is 3. The third kappa shape index (κ3) is 4.46. The number of aliphatic carboxylic acids is 1. The van der Waals surface area contributed by atoms with Crippen LogP contribution in [0.5, 0.6) is 11.5 Å². The molecular weight excluding hydrogens is 495 g/mol. The van der Waals surface area contributed by atoms with Crippen LogP contribution in [0.3, 0.4) is 0 Å². The van der Waals surface area contributed by atoms with Gasteiger partial charge in [0, 0.05) is 41.9 Å². The molecule has 0 saturated heterocycles. The van der Waals surface area contributed by atoms with E-state index >= 15 is 4.39 Å². The van der Waals surface area contributed by atoms with Crippen molar-refractivity contribution in [3.63, 3.8) is 0 Å². The number of aryl methyl sites for hydroxylation is 4. The van der Waals surface area contributed by atoms with E-state index in [0.717, 1.165) is 56.9 Å². The van der Waals surface area contributed by atoms with Crippen molar-refractivity contribution in [2.24, 2.45) is 7.05 Å². The smallest absolute Gasteiger partial charge is 0.304 e. The van der Waals surface area contributed by atoms with Crippen LogP contribution in [0.2, 0.25) is 0 Å². The molecule has 200 valence electrons. The van der Waals surface area contributed by atoms with Crippen molar-refractivity contribution in [2.45, 2.75) is 52.1 Å². The fourth-order valence-electron chi connectivity index (χ4n) is 6.13. The van der Waals surface area contributed by atoms with Crippen LogP contribution < -0.4 is 9.47 Å². The van der Waals surface area contributed by atoms with Crippen LogP contribution in [0.1, 0.15) is 58.5 Å². The van der Waals surface area contributed by atoms with Gasteiger partial charge >= 0.3 is 5.97 Å². The Morgan fingerprint density at radius 1 is 1.15 bits per heavy atom. The monoisotopic (exact) mass is 526 g/mol. The first-order valence-corrected chi connectivity index (χ1v) is 13.3. The first kappa shape index (κ1) is 25.2. The number of halogens is 1. The largest absolute Gasteiger partial charge is 0.492 e. The van der Waals surface area contributed by atoms with E-state index in [2.05, 4.69) is 31.0 Å². The quantitative estimate of drug-likeness (QED) is 0.298. The molecule has 2 aliphatic rings. The zero-order valence-corrected chi connectivity index (χ0v) is 22.5. The maximum atomic E-state index is 15.3. The second kappa shape index (κ2) is 9.56. The van der Waals surface area contributed by atoms with Crippen LogP contribution in [0, 0.1) is 26.6 Å². The summed E-state index contributed by atoms with van der Waals surface area (Å²) in [5.41, 5.74) is 8.91. The van der Waals surface area contributed by atoms with Gasteiger partial charge in [-0.3, -0.25) is 4.79 Å². The van der Waals surface area contributed by atoms with Gasteiger partial charge in [-0.2, -0.15) is 0 Å². The topological polar surface area (TPSA) is 73.6 Å². The van der Waals surface area contributed by atoms with E-state index in [-0.39, 0.29) is 18.2 Å². The summed E-state index contributed by atoms with van der Waals surface area (Å²) in [5, 5.41) is 9.16. The van der Waals surface area contributed by atoms with Crippen molar-refractivity contribution < 1.29 is 23.8 Å². The number of carboxylic acids is 1. The highest BCUT2D eigenvalue weighted by Gasteiger charge is 2.32. The molecule has 1 unspecified atom stereocenters. The van der Waals surface area contributed by atoms with Gasteiger partial charge in [0.1, 0.15) is 29.2 Å². The lowest BCUT2D eigenvalue weighted by atomic mass is 9.88. The molecule has 1 aliphatic heterocycles. The molecule has 1 aromatic heterocycles. The van der Waals surface area contributed by atoms with E-state index in [1.165, 1.54) is 0 Å². The standard InChI is InChI=1S/C32H31FN2O4/c1-17-11-20(27-15-35(4)19(3)34-27)12-18(2)31(17)24-7-9-26(33)32-25(24)8-10-28(32)39-22-5-6-23-21(13-30(36)37)16-38-29(23)14-22/h5-7,9,11-12,14-15,21,28H,8,10,13,16H2,1-4H3,(H,36,37)/t21?,28-/m1/s1. The van der Waals surface area contributed by atoms with Crippen LogP contribution in [-0.4, -0.2) is 27.2 Å². The van der Waals surface area contributed by atoms with Crippen molar-refractivity contribution in [3.8, 4) is 33.9 Å². The Kier molecular flexibility index (Phi) is 6.17. The number of ether oxygens (including phenoxy) is 2. The number of hydrogen-bond acceptors (Lipinski definition) is 4. The minimum absolute atomic E-state index is 0.0263. The number of hydrogen-bond donors (Lipinski definition) is 1. The van der Waals surface area contributed by atoms with Crippen molar-refractivity contribution in [1.29, 1.82) is 0 Å². The molecule has 6 nitrogen and oxygen atoms in total. The molecule has 3 aromatic carbocycles. The predicted octanol–water partition coefficient (Wildman–Crippen LogP) is 6.84. The van der Waals surface area contributed by atoms with Crippen LogP contribution in [0.4, 0.5) is 4.39 Å². The maximum absolute atomic E-state index is 15.3. The highest BCUT2D eigenvalue weighted by Crippen LogP contribution is 2.45. The first-order valence-electron chi connectivity index (χ1n) is 13.3. The van der Waals surface area contributed by atoms with E-state index in [0.29, 0.717) is 30.1 Å². The van der Waals surface area contributed by atoms with Gasteiger partial charge in [-0.25, -0.2) is 9.37 Å². The lowest BCUT2D eigenvalue weighted by Gasteiger charge is -2.19. The van der Waals surface area contributed by atoms with Gasteiger partial charge in [0.25, 0.3) is 0 Å². The Labute approximate surface area is 227 Å². The zero-order chi connectivity index (χ0) is 27.4. The molecule has 0 fully saturated rings. The number of rotatable bonds is 6. The summed E-state index contributed by atoms with van der Waals surface area (Å²) in [6, 6.07) is 13.2. The average Bonchev–Trinajstić information content (AvgIpc) is 3.58. The van der Waals surface area contributed by atoms with E-state index in [4.69, 9.17) is 14.6 Å². The Bertz CT molecular complexity index is 1580. The summed E-state index contributed by atoms with van der Waals surface area (Å²) < 4.78 is 29.4. The van der Waals surface area contributed by atoms with Gasteiger partial charge in [-0.15, -0.1) is 0 Å². The third-order valence-corrected chi connectivity index (χ3v) is 8.05. The fraction of sp³-hybridized carbons (Fsp3) is 0.312. The fourth-order valence-corrected chi connectivity index (χ4v) is 6.13.